The number of alkyl halides is 3. The van der Waals surface area contributed by atoms with Crippen LogP contribution in [-0.4, -0.2) is 24.7 Å². The van der Waals surface area contributed by atoms with Crippen molar-refractivity contribution in [2.75, 3.05) is 0 Å². The Kier molecular flexibility index (Phi) is 5.07. The summed E-state index contributed by atoms with van der Waals surface area (Å²) in [7, 11) is 0. The summed E-state index contributed by atoms with van der Waals surface area (Å²) in [5.74, 6) is 1.00. The molecule has 0 amide bonds. The molecule has 0 atom stereocenters. The van der Waals surface area contributed by atoms with E-state index in [1.165, 1.54) is 18.5 Å². The Bertz CT molecular complexity index is 1170. The molecule has 30 heavy (non-hydrogen) atoms. The lowest BCUT2D eigenvalue weighted by Gasteiger charge is -2.09. The lowest BCUT2D eigenvalue weighted by atomic mass is 10.1. The molecular weight excluding hydrogens is 391 g/mol. The quantitative estimate of drug-likeness (QED) is 0.479. The fourth-order valence-electron chi connectivity index (χ4n) is 3.23. The van der Waals surface area contributed by atoms with Crippen molar-refractivity contribution in [1.82, 2.24) is 24.7 Å². The van der Waals surface area contributed by atoms with Crippen LogP contribution in [0.2, 0.25) is 0 Å². The Balaban J connectivity index is 1.79. The van der Waals surface area contributed by atoms with Gasteiger partial charge in [-0.05, 0) is 43.2 Å². The van der Waals surface area contributed by atoms with Crippen LogP contribution in [0.15, 0.2) is 61.2 Å². The standard InChI is InChI=1S/C22H18F3N5/c1-14-3-8-19(15(2)9-14)30-20(10-16-11-26-13-27-12-16)28-21(29-30)17-4-6-18(7-5-17)22(23,24)25/h3-9,11-13H,10H2,1-2H3. The first-order chi connectivity index (χ1) is 14.3. The van der Waals surface area contributed by atoms with Crippen LogP contribution >= 0.6 is 0 Å². The molecular formula is C22H18F3N5. The Hall–Kier alpha value is -3.55. The Labute approximate surface area is 171 Å². The number of aryl methyl sites for hydroxylation is 2. The topological polar surface area (TPSA) is 56.5 Å². The summed E-state index contributed by atoms with van der Waals surface area (Å²) < 4.78 is 40.4. The van der Waals surface area contributed by atoms with Gasteiger partial charge in [-0.2, -0.15) is 13.2 Å². The van der Waals surface area contributed by atoms with E-state index >= 15 is 0 Å². The van der Waals surface area contributed by atoms with Gasteiger partial charge in [0.1, 0.15) is 12.2 Å². The van der Waals surface area contributed by atoms with E-state index in [9.17, 15) is 13.2 Å². The number of halogens is 3. The highest BCUT2D eigenvalue weighted by molar-refractivity contribution is 5.56. The summed E-state index contributed by atoms with van der Waals surface area (Å²) in [6.07, 6.45) is 0.897. The van der Waals surface area contributed by atoms with Crippen LogP contribution in [0.5, 0.6) is 0 Å². The fourth-order valence-corrected chi connectivity index (χ4v) is 3.23. The van der Waals surface area contributed by atoms with Crippen LogP contribution in [0.3, 0.4) is 0 Å². The predicted molar refractivity (Wildman–Crippen MR) is 106 cm³/mol. The molecule has 2 heterocycles. The maximum absolute atomic E-state index is 12.9. The second-order valence-electron chi connectivity index (χ2n) is 7.05. The lowest BCUT2D eigenvalue weighted by molar-refractivity contribution is -0.137. The predicted octanol–water partition coefficient (Wildman–Crippen LogP) is 4.95. The van der Waals surface area contributed by atoms with Crippen molar-refractivity contribution in [3.63, 3.8) is 0 Å². The number of aromatic nitrogens is 5. The van der Waals surface area contributed by atoms with Gasteiger partial charge in [-0.25, -0.2) is 19.6 Å². The van der Waals surface area contributed by atoms with Crippen molar-refractivity contribution in [2.45, 2.75) is 26.4 Å². The first-order valence-electron chi connectivity index (χ1n) is 9.26. The molecule has 4 rings (SSSR count). The molecule has 0 fully saturated rings. The van der Waals surface area contributed by atoms with Gasteiger partial charge in [0.2, 0.25) is 0 Å². The van der Waals surface area contributed by atoms with E-state index in [0.29, 0.717) is 23.6 Å². The summed E-state index contributed by atoms with van der Waals surface area (Å²) in [5.41, 5.74) is 3.66. The summed E-state index contributed by atoms with van der Waals surface area (Å²) in [5, 5.41) is 4.61. The van der Waals surface area contributed by atoms with Crippen LogP contribution in [0.1, 0.15) is 28.1 Å². The molecule has 8 heteroatoms. The third-order valence-electron chi connectivity index (χ3n) is 4.70. The van der Waals surface area contributed by atoms with Crippen molar-refractivity contribution in [3.8, 4) is 17.1 Å². The van der Waals surface area contributed by atoms with Gasteiger partial charge in [0, 0.05) is 24.4 Å². The van der Waals surface area contributed by atoms with Gasteiger partial charge in [-0.15, -0.1) is 5.10 Å². The molecule has 152 valence electrons. The largest absolute Gasteiger partial charge is 0.416 e. The van der Waals surface area contributed by atoms with E-state index in [0.717, 1.165) is 34.5 Å². The first kappa shape index (κ1) is 19.8. The van der Waals surface area contributed by atoms with Gasteiger partial charge in [-0.1, -0.05) is 29.8 Å². The molecule has 0 N–H and O–H groups in total. The zero-order valence-corrected chi connectivity index (χ0v) is 16.4. The van der Waals surface area contributed by atoms with Gasteiger partial charge < -0.3 is 0 Å². The van der Waals surface area contributed by atoms with Gasteiger partial charge in [0.05, 0.1) is 11.3 Å². The Morgan fingerprint density at radius 1 is 0.933 bits per heavy atom. The molecule has 0 bridgehead atoms. The molecule has 2 aromatic carbocycles. The number of rotatable bonds is 4. The van der Waals surface area contributed by atoms with Crippen LogP contribution in [0, 0.1) is 13.8 Å². The highest BCUT2D eigenvalue weighted by atomic mass is 19.4. The molecule has 2 aromatic heterocycles. The highest BCUT2D eigenvalue weighted by Crippen LogP contribution is 2.31. The summed E-state index contributed by atoms with van der Waals surface area (Å²) in [6.45, 7) is 3.99. The van der Waals surface area contributed by atoms with Crippen LogP contribution in [-0.2, 0) is 12.6 Å². The second kappa shape index (κ2) is 7.70. The first-order valence-corrected chi connectivity index (χ1v) is 9.26. The minimum absolute atomic E-state index is 0.357. The maximum atomic E-state index is 12.9. The highest BCUT2D eigenvalue weighted by Gasteiger charge is 2.30. The molecule has 0 unspecified atom stereocenters. The van der Waals surface area contributed by atoms with Crippen molar-refractivity contribution < 1.29 is 13.2 Å². The van der Waals surface area contributed by atoms with E-state index in [1.807, 2.05) is 32.0 Å². The van der Waals surface area contributed by atoms with Gasteiger partial charge in [-0.3, -0.25) is 0 Å². The maximum Gasteiger partial charge on any atom is 0.416 e. The molecule has 4 aromatic rings. The molecule has 0 aliphatic heterocycles. The molecule has 5 nitrogen and oxygen atoms in total. The molecule has 0 aliphatic rings. The number of benzene rings is 2. The Morgan fingerprint density at radius 3 is 2.27 bits per heavy atom. The summed E-state index contributed by atoms with van der Waals surface area (Å²) >= 11 is 0. The number of hydrogen-bond acceptors (Lipinski definition) is 4. The van der Waals surface area contributed by atoms with Crippen LogP contribution in [0.4, 0.5) is 13.2 Å². The molecule has 0 saturated carbocycles. The summed E-state index contributed by atoms with van der Waals surface area (Å²) in [6, 6.07) is 10.8. The monoisotopic (exact) mass is 409 g/mol. The van der Waals surface area contributed by atoms with E-state index in [4.69, 9.17) is 0 Å². The van der Waals surface area contributed by atoms with E-state index < -0.39 is 11.7 Å². The average molecular weight is 409 g/mol. The molecule has 0 spiro atoms. The van der Waals surface area contributed by atoms with Gasteiger partial charge >= 0.3 is 6.18 Å². The van der Waals surface area contributed by atoms with Crippen molar-refractivity contribution >= 4 is 0 Å². The van der Waals surface area contributed by atoms with Crippen molar-refractivity contribution in [3.05, 3.63) is 89.3 Å². The molecule has 0 saturated heterocycles. The normalized spacial score (nSPS) is 11.6. The average Bonchev–Trinajstić information content (AvgIpc) is 3.12. The Morgan fingerprint density at radius 2 is 1.63 bits per heavy atom. The van der Waals surface area contributed by atoms with E-state index in [1.54, 1.807) is 17.1 Å². The second-order valence-corrected chi connectivity index (χ2v) is 7.05. The third-order valence-corrected chi connectivity index (χ3v) is 4.70. The number of nitrogens with zero attached hydrogens (tertiary/aromatic N) is 5. The zero-order valence-electron chi connectivity index (χ0n) is 16.4. The van der Waals surface area contributed by atoms with Crippen molar-refractivity contribution in [1.29, 1.82) is 0 Å². The van der Waals surface area contributed by atoms with E-state index in [2.05, 4.69) is 20.1 Å². The summed E-state index contributed by atoms with van der Waals surface area (Å²) in [4.78, 5) is 12.7. The minimum atomic E-state index is -4.39. The minimum Gasteiger partial charge on any atom is -0.245 e. The lowest BCUT2D eigenvalue weighted by Crippen LogP contribution is -2.06. The van der Waals surface area contributed by atoms with Crippen molar-refractivity contribution in [2.24, 2.45) is 0 Å². The molecule has 0 radical (unpaired) electrons. The third kappa shape index (κ3) is 4.07. The molecule has 0 aliphatic carbocycles. The SMILES string of the molecule is Cc1ccc(-n2nc(-c3ccc(C(F)(F)F)cc3)nc2Cc2cncnc2)c(C)c1. The van der Waals surface area contributed by atoms with E-state index in [-0.39, 0.29) is 0 Å². The fraction of sp³-hybridized carbons (Fsp3) is 0.182. The number of hydrogen-bond donors (Lipinski definition) is 0. The zero-order chi connectivity index (χ0) is 21.3. The van der Waals surface area contributed by atoms with Gasteiger partial charge in [0.25, 0.3) is 0 Å². The van der Waals surface area contributed by atoms with Crippen LogP contribution < -0.4 is 0 Å². The van der Waals surface area contributed by atoms with Gasteiger partial charge in [0.15, 0.2) is 5.82 Å². The van der Waals surface area contributed by atoms with Crippen LogP contribution in [0.25, 0.3) is 17.1 Å². The smallest absolute Gasteiger partial charge is 0.245 e.